The van der Waals surface area contributed by atoms with Crippen LogP contribution in [0.25, 0.3) is 11.7 Å². The summed E-state index contributed by atoms with van der Waals surface area (Å²) in [4.78, 5) is 38.4. The predicted molar refractivity (Wildman–Crippen MR) is 150 cm³/mol. The van der Waals surface area contributed by atoms with E-state index >= 15 is 0 Å². The molecule has 1 amide bonds. The molecule has 0 aliphatic carbocycles. The topological polar surface area (TPSA) is 61.2 Å². The second kappa shape index (κ2) is 10.2. The minimum absolute atomic E-state index is 0.0426. The van der Waals surface area contributed by atoms with Crippen molar-refractivity contribution in [3.05, 3.63) is 80.6 Å². The van der Waals surface area contributed by atoms with Crippen LogP contribution < -0.4 is 10.5 Å². The summed E-state index contributed by atoms with van der Waals surface area (Å²) in [6, 6.07) is 14.2. The monoisotopic (exact) mass is 519 g/mol. The highest BCUT2D eigenvalue weighted by molar-refractivity contribution is 8.26. The average molecular weight is 520 g/mol. The molecule has 186 valence electrons. The van der Waals surface area contributed by atoms with Crippen LogP contribution in [0.15, 0.2) is 58.4 Å². The molecular formula is C27H29N5O2S2. The number of pyridine rings is 1. The van der Waals surface area contributed by atoms with Gasteiger partial charge in [0.25, 0.3) is 11.5 Å². The molecule has 0 bridgehead atoms. The van der Waals surface area contributed by atoms with Crippen LogP contribution in [0.4, 0.5) is 5.82 Å². The molecule has 2 aliphatic heterocycles. The number of nitrogens with zero attached hydrogens (tertiary/aromatic N) is 5. The van der Waals surface area contributed by atoms with Crippen molar-refractivity contribution in [2.45, 2.75) is 33.4 Å². The van der Waals surface area contributed by atoms with Gasteiger partial charge in [0.05, 0.1) is 10.5 Å². The molecule has 0 N–H and O–H groups in total. The van der Waals surface area contributed by atoms with Gasteiger partial charge >= 0.3 is 0 Å². The number of hydrogen-bond acceptors (Lipinski definition) is 7. The highest BCUT2D eigenvalue weighted by Gasteiger charge is 2.34. The summed E-state index contributed by atoms with van der Waals surface area (Å²) in [6.07, 6.45) is 3.42. The second-order valence-corrected chi connectivity index (χ2v) is 11.1. The minimum Gasteiger partial charge on any atom is -0.353 e. The van der Waals surface area contributed by atoms with Crippen LogP contribution in [-0.2, 0) is 11.3 Å². The molecule has 7 nitrogen and oxygen atoms in total. The summed E-state index contributed by atoms with van der Waals surface area (Å²) >= 11 is 6.70. The third kappa shape index (κ3) is 4.70. The van der Waals surface area contributed by atoms with E-state index in [4.69, 9.17) is 17.2 Å². The number of anilines is 1. The van der Waals surface area contributed by atoms with E-state index < -0.39 is 0 Å². The molecule has 2 aromatic heterocycles. The minimum atomic E-state index is -0.180. The molecule has 36 heavy (non-hydrogen) atoms. The van der Waals surface area contributed by atoms with Crippen molar-refractivity contribution in [2.75, 3.05) is 31.1 Å². The quantitative estimate of drug-likeness (QED) is 0.374. The second-order valence-electron chi connectivity index (χ2n) is 9.43. The summed E-state index contributed by atoms with van der Waals surface area (Å²) in [5.74, 6) is 0.468. The number of rotatable bonds is 5. The third-order valence-corrected chi connectivity index (χ3v) is 7.93. The number of carbonyl (C=O) groups excluding carboxylic acids is 1. The Kier molecular flexibility index (Phi) is 6.96. The number of benzene rings is 1. The first-order chi connectivity index (χ1) is 17.3. The van der Waals surface area contributed by atoms with E-state index in [1.807, 2.05) is 39.0 Å². The van der Waals surface area contributed by atoms with Crippen LogP contribution in [0.2, 0.25) is 0 Å². The van der Waals surface area contributed by atoms with Gasteiger partial charge in [0.1, 0.15) is 15.8 Å². The molecule has 5 rings (SSSR count). The molecule has 4 heterocycles. The van der Waals surface area contributed by atoms with Gasteiger partial charge in [0.15, 0.2) is 0 Å². The van der Waals surface area contributed by atoms with Crippen LogP contribution >= 0.6 is 24.0 Å². The molecule has 0 radical (unpaired) electrons. The molecule has 3 aromatic rings. The van der Waals surface area contributed by atoms with Gasteiger partial charge in [0, 0.05) is 45.0 Å². The van der Waals surface area contributed by atoms with Crippen LogP contribution in [0.5, 0.6) is 0 Å². The Morgan fingerprint density at radius 1 is 1.06 bits per heavy atom. The molecule has 0 saturated carbocycles. The van der Waals surface area contributed by atoms with Gasteiger partial charge in [-0.2, -0.15) is 0 Å². The number of amides is 1. The number of thiocarbonyl (C=S) groups is 1. The zero-order valence-electron chi connectivity index (χ0n) is 20.7. The number of carbonyl (C=O) groups is 1. The van der Waals surface area contributed by atoms with Crippen LogP contribution in [0, 0.1) is 6.92 Å². The number of aromatic nitrogens is 2. The van der Waals surface area contributed by atoms with Crippen molar-refractivity contribution in [1.82, 2.24) is 19.2 Å². The number of fused-ring (bicyclic) bond motifs is 1. The maximum Gasteiger partial charge on any atom is 0.267 e. The Hall–Kier alpha value is -3.01. The fraction of sp³-hybridized carbons (Fsp3) is 0.333. The molecule has 2 aliphatic rings. The van der Waals surface area contributed by atoms with E-state index in [-0.39, 0.29) is 17.5 Å². The highest BCUT2D eigenvalue weighted by Crippen LogP contribution is 2.35. The standard InChI is InChI=1S/C27H29N5O2S2/c1-18(2)32-26(34)22(36-27(32)35)16-21-24(28-23-19(3)8-7-11-31(23)25(21)33)30-14-12-29(13-15-30)17-20-9-5-4-6-10-20/h4-11,16,18H,12-15,17H2,1-3H3. The van der Waals surface area contributed by atoms with E-state index in [9.17, 15) is 9.59 Å². The smallest absolute Gasteiger partial charge is 0.267 e. The maximum atomic E-state index is 13.7. The lowest BCUT2D eigenvalue weighted by Gasteiger charge is -2.36. The molecule has 9 heteroatoms. The number of aryl methyl sites for hydroxylation is 1. The zero-order valence-corrected chi connectivity index (χ0v) is 22.3. The summed E-state index contributed by atoms with van der Waals surface area (Å²) in [5, 5.41) is 0. The van der Waals surface area contributed by atoms with Crippen molar-refractivity contribution in [1.29, 1.82) is 0 Å². The summed E-state index contributed by atoms with van der Waals surface area (Å²) < 4.78 is 2.08. The Morgan fingerprint density at radius 3 is 2.44 bits per heavy atom. The molecule has 2 saturated heterocycles. The molecule has 0 unspecified atom stereocenters. The average Bonchev–Trinajstić information content (AvgIpc) is 3.15. The lowest BCUT2D eigenvalue weighted by Crippen LogP contribution is -2.47. The molecular weight excluding hydrogens is 490 g/mol. The van der Waals surface area contributed by atoms with Gasteiger partial charge in [-0.15, -0.1) is 0 Å². The molecule has 0 spiro atoms. The lowest BCUT2D eigenvalue weighted by atomic mass is 10.1. The lowest BCUT2D eigenvalue weighted by molar-refractivity contribution is -0.123. The van der Waals surface area contributed by atoms with Gasteiger partial charge in [-0.3, -0.25) is 23.8 Å². The van der Waals surface area contributed by atoms with E-state index in [1.165, 1.54) is 17.3 Å². The zero-order chi connectivity index (χ0) is 25.4. The van der Waals surface area contributed by atoms with E-state index in [0.717, 1.165) is 38.3 Å². The fourth-order valence-corrected chi connectivity index (χ4v) is 6.19. The van der Waals surface area contributed by atoms with Crippen molar-refractivity contribution in [2.24, 2.45) is 0 Å². The van der Waals surface area contributed by atoms with Gasteiger partial charge in [0.2, 0.25) is 0 Å². The van der Waals surface area contributed by atoms with Gasteiger partial charge in [-0.05, 0) is 44.0 Å². The van der Waals surface area contributed by atoms with Gasteiger partial charge in [-0.1, -0.05) is 60.4 Å². The first-order valence-corrected chi connectivity index (χ1v) is 13.4. The summed E-state index contributed by atoms with van der Waals surface area (Å²) in [5.41, 5.74) is 3.10. The first kappa shape index (κ1) is 24.7. The predicted octanol–water partition coefficient (Wildman–Crippen LogP) is 3.93. The summed E-state index contributed by atoms with van der Waals surface area (Å²) in [7, 11) is 0. The van der Waals surface area contributed by atoms with E-state index in [2.05, 4.69) is 34.1 Å². The number of thioether (sulfide) groups is 1. The SMILES string of the molecule is Cc1cccn2c(=O)c(C=C3SC(=S)N(C(C)C)C3=O)c(N3CCN(Cc4ccccc4)CC3)nc12. The van der Waals surface area contributed by atoms with Crippen molar-refractivity contribution >= 4 is 51.7 Å². The Morgan fingerprint density at radius 2 is 1.78 bits per heavy atom. The van der Waals surface area contributed by atoms with E-state index in [0.29, 0.717) is 26.3 Å². The normalized spacial score (nSPS) is 18.3. The van der Waals surface area contributed by atoms with Crippen LogP contribution in [0.1, 0.15) is 30.5 Å². The van der Waals surface area contributed by atoms with Gasteiger partial charge < -0.3 is 4.90 Å². The van der Waals surface area contributed by atoms with Crippen LogP contribution in [-0.4, -0.2) is 61.6 Å². The highest BCUT2D eigenvalue weighted by atomic mass is 32.2. The molecule has 0 atom stereocenters. The largest absolute Gasteiger partial charge is 0.353 e. The molecule has 2 fully saturated rings. The Bertz CT molecular complexity index is 1410. The number of hydrogen-bond donors (Lipinski definition) is 0. The molecule has 1 aromatic carbocycles. The third-order valence-electron chi connectivity index (χ3n) is 6.60. The summed E-state index contributed by atoms with van der Waals surface area (Å²) in [6.45, 7) is 9.93. The number of piperazine rings is 1. The van der Waals surface area contributed by atoms with Crippen molar-refractivity contribution in [3.63, 3.8) is 0 Å². The van der Waals surface area contributed by atoms with Crippen LogP contribution in [0.3, 0.4) is 0 Å². The first-order valence-electron chi connectivity index (χ1n) is 12.1. The Balaban J connectivity index is 1.51. The van der Waals surface area contributed by atoms with E-state index in [1.54, 1.807) is 21.6 Å². The van der Waals surface area contributed by atoms with Gasteiger partial charge in [-0.25, -0.2) is 4.98 Å². The Labute approximate surface area is 220 Å². The fourth-order valence-electron chi connectivity index (χ4n) is 4.68. The van der Waals surface area contributed by atoms with Crippen molar-refractivity contribution < 1.29 is 4.79 Å². The maximum absolute atomic E-state index is 13.7. The van der Waals surface area contributed by atoms with Crippen molar-refractivity contribution in [3.8, 4) is 0 Å².